The van der Waals surface area contributed by atoms with Crippen LogP contribution in [-0.4, -0.2) is 74.6 Å². The lowest BCUT2D eigenvalue weighted by molar-refractivity contribution is -0.251. The zero-order valence-electron chi connectivity index (χ0n) is 17.0. The van der Waals surface area contributed by atoms with Gasteiger partial charge in [-0.15, -0.1) is 0 Å². The van der Waals surface area contributed by atoms with Crippen molar-refractivity contribution in [2.75, 3.05) is 19.6 Å². The van der Waals surface area contributed by atoms with Gasteiger partial charge < -0.3 is 20.4 Å². The van der Waals surface area contributed by atoms with Gasteiger partial charge in [0.25, 0.3) is 5.91 Å². The normalized spacial score (nSPS) is 20.7. The second kappa shape index (κ2) is 8.45. The molecule has 1 saturated heterocycles. The first-order valence-electron chi connectivity index (χ1n) is 9.77. The minimum atomic E-state index is -5.12. The number of Topliss-reactive ketones (excluding diaryl/α,β-unsaturated/α-hetero) is 2. The summed E-state index contributed by atoms with van der Waals surface area (Å²) >= 11 is 6.03. The number of hydrogen-bond acceptors (Lipinski definition) is 7. The Balaban J connectivity index is 1.59. The van der Waals surface area contributed by atoms with E-state index in [2.05, 4.69) is 10.3 Å². The third-order valence-corrected chi connectivity index (χ3v) is 6.12. The molecule has 1 amide bonds. The second-order valence-electron chi connectivity index (χ2n) is 8.01. The van der Waals surface area contributed by atoms with Crippen LogP contribution in [0.4, 0.5) is 13.2 Å². The van der Waals surface area contributed by atoms with Crippen LogP contribution >= 0.6 is 11.6 Å². The van der Waals surface area contributed by atoms with E-state index in [0.717, 1.165) is 4.90 Å². The van der Waals surface area contributed by atoms with Crippen molar-refractivity contribution in [2.45, 2.75) is 43.6 Å². The molecule has 0 bridgehead atoms. The van der Waals surface area contributed by atoms with E-state index in [4.69, 9.17) is 11.6 Å². The van der Waals surface area contributed by atoms with Crippen molar-refractivity contribution in [1.82, 2.24) is 15.2 Å². The summed E-state index contributed by atoms with van der Waals surface area (Å²) < 4.78 is 38.7. The number of likely N-dealkylation sites (tertiary alicyclic amines) is 1. The number of allylic oxidation sites excluding steroid dienone is 2. The van der Waals surface area contributed by atoms with E-state index in [1.54, 1.807) is 0 Å². The van der Waals surface area contributed by atoms with Gasteiger partial charge in [0.1, 0.15) is 16.4 Å². The van der Waals surface area contributed by atoms with Crippen molar-refractivity contribution in [2.24, 2.45) is 0 Å². The number of nitrogens with one attached hydrogen (secondary N) is 1. The molecule has 0 radical (unpaired) electrons. The molecule has 8 nitrogen and oxygen atoms in total. The van der Waals surface area contributed by atoms with Crippen molar-refractivity contribution in [3.05, 3.63) is 40.3 Å². The van der Waals surface area contributed by atoms with Crippen LogP contribution in [0, 0.1) is 0 Å². The highest BCUT2D eigenvalue weighted by Crippen LogP contribution is 2.34. The van der Waals surface area contributed by atoms with E-state index in [1.165, 1.54) is 18.3 Å². The third-order valence-electron chi connectivity index (χ3n) is 5.76. The molecule has 3 N–H and O–H groups in total. The van der Waals surface area contributed by atoms with Crippen molar-refractivity contribution in [1.29, 1.82) is 0 Å². The molecule has 174 valence electrons. The van der Waals surface area contributed by atoms with Crippen LogP contribution in [0.1, 0.15) is 47.0 Å². The maximum atomic E-state index is 12.9. The van der Waals surface area contributed by atoms with Gasteiger partial charge in [-0.3, -0.25) is 19.4 Å². The first-order valence-corrected chi connectivity index (χ1v) is 10.2. The summed E-state index contributed by atoms with van der Waals surface area (Å²) in [5.41, 5.74) is -4.88. The quantitative estimate of drug-likeness (QED) is 0.591. The fourth-order valence-corrected chi connectivity index (χ4v) is 3.85. The van der Waals surface area contributed by atoms with Crippen molar-refractivity contribution >= 4 is 29.1 Å². The molecule has 12 heteroatoms. The Kier molecular flexibility index (Phi) is 6.38. The summed E-state index contributed by atoms with van der Waals surface area (Å²) in [5.74, 6) is -2.59. The average molecular weight is 476 g/mol. The lowest BCUT2D eigenvalue weighted by Gasteiger charge is -2.41. The SMILES string of the molecule is C[C@@](O)(C(=O)N1CCC(O)(CCNC2=C(Cl)C(=O)c3ncccc3C2=O)CC1)C(F)(F)F. The Bertz CT molecular complexity index is 985. The van der Waals surface area contributed by atoms with Crippen LogP contribution in [0.15, 0.2) is 29.1 Å². The molecular formula is C20H21ClF3N3O5. The number of piperidine rings is 1. The number of rotatable bonds is 5. The monoisotopic (exact) mass is 475 g/mol. The third kappa shape index (κ3) is 4.37. The highest BCUT2D eigenvalue weighted by Gasteiger charge is 2.57. The van der Waals surface area contributed by atoms with Gasteiger partial charge in [0.05, 0.1) is 11.2 Å². The number of aromatic nitrogens is 1. The smallest absolute Gasteiger partial charge is 0.390 e. The molecule has 0 aromatic carbocycles. The number of fused-ring (bicyclic) bond motifs is 1. The van der Waals surface area contributed by atoms with E-state index >= 15 is 0 Å². The van der Waals surface area contributed by atoms with E-state index < -0.39 is 34.9 Å². The molecule has 1 aromatic rings. The second-order valence-corrected chi connectivity index (χ2v) is 8.39. The molecule has 1 atom stereocenters. The number of nitrogens with zero attached hydrogens (tertiary/aromatic N) is 2. The summed E-state index contributed by atoms with van der Waals surface area (Å²) in [6.45, 7) is 0.0848. The predicted molar refractivity (Wildman–Crippen MR) is 106 cm³/mol. The molecule has 2 heterocycles. The van der Waals surface area contributed by atoms with Crippen LogP contribution in [0.3, 0.4) is 0 Å². The minimum absolute atomic E-state index is 0.0270. The molecule has 1 fully saturated rings. The fraction of sp³-hybridized carbons (Fsp3) is 0.500. The predicted octanol–water partition coefficient (Wildman–Crippen LogP) is 1.56. The van der Waals surface area contributed by atoms with Gasteiger partial charge in [-0.2, -0.15) is 13.2 Å². The average Bonchev–Trinajstić information content (AvgIpc) is 2.74. The van der Waals surface area contributed by atoms with Crippen LogP contribution in [-0.2, 0) is 4.79 Å². The molecule has 3 rings (SSSR count). The van der Waals surface area contributed by atoms with Gasteiger partial charge in [0, 0.05) is 25.8 Å². The Morgan fingerprint density at radius 2 is 1.91 bits per heavy atom. The standard InChI is InChI=1S/C20H21ClF3N3O5/c1-18(31,20(22,23)24)17(30)27-9-5-19(32,6-10-27)4-8-26-14-12(21)16(29)13-11(15(14)28)3-2-7-25-13/h2-3,7,26,31-32H,4-6,8-10H2,1H3/t18-/m1/s1. The first kappa shape index (κ1) is 24.1. The maximum Gasteiger partial charge on any atom is 0.426 e. The summed E-state index contributed by atoms with van der Waals surface area (Å²) in [6.07, 6.45) is -3.72. The van der Waals surface area contributed by atoms with Gasteiger partial charge in [-0.05, 0) is 38.3 Å². The highest BCUT2D eigenvalue weighted by molar-refractivity contribution is 6.49. The van der Waals surface area contributed by atoms with Crippen molar-refractivity contribution in [3.8, 4) is 0 Å². The number of halogens is 4. The minimum Gasteiger partial charge on any atom is -0.390 e. The molecule has 0 saturated carbocycles. The molecule has 1 aliphatic heterocycles. The van der Waals surface area contributed by atoms with Gasteiger partial charge in [0.2, 0.25) is 17.2 Å². The summed E-state index contributed by atoms with van der Waals surface area (Å²) in [4.78, 5) is 41.7. The number of ketones is 2. The lowest BCUT2D eigenvalue weighted by atomic mass is 9.87. The topological polar surface area (TPSA) is 120 Å². The Labute approximate surface area is 186 Å². The van der Waals surface area contributed by atoms with Crippen LogP contribution < -0.4 is 5.32 Å². The molecule has 0 unspecified atom stereocenters. The van der Waals surface area contributed by atoms with E-state index in [-0.39, 0.29) is 60.9 Å². The number of carbonyl (C=O) groups is 3. The van der Waals surface area contributed by atoms with Crippen LogP contribution in [0.25, 0.3) is 0 Å². The first-order chi connectivity index (χ1) is 14.8. The van der Waals surface area contributed by atoms with Gasteiger partial charge in [-0.25, -0.2) is 0 Å². The summed E-state index contributed by atoms with van der Waals surface area (Å²) in [7, 11) is 0. The molecule has 2 aliphatic rings. The lowest BCUT2D eigenvalue weighted by Crippen LogP contribution is -2.59. The van der Waals surface area contributed by atoms with Crippen molar-refractivity contribution in [3.63, 3.8) is 0 Å². The fourth-order valence-electron chi connectivity index (χ4n) is 3.60. The molecule has 1 aromatic heterocycles. The number of amides is 1. The molecular weight excluding hydrogens is 455 g/mol. The van der Waals surface area contributed by atoms with E-state index in [1.807, 2.05) is 0 Å². The summed E-state index contributed by atoms with van der Waals surface area (Å²) in [5, 5.41) is 22.7. The number of pyridine rings is 1. The zero-order chi connectivity index (χ0) is 23.9. The maximum absolute atomic E-state index is 12.9. The Hall–Kier alpha value is -2.50. The highest BCUT2D eigenvalue weighted by atomic mass is 35.5. The summed E-state index contributed by atoms with van der Waals surface area (Å²) in [6, 6.07) is 2.96. The molecule has 1 aliphatic carbocycles. The Morgan fingerprint density at radius 3 is 2.50 bits per heavy atom. The van der Waals surface area contributed by atoms with E-state index in [9.17, 15) is 37.8 Å². The molecule has 0 spiro atoms. The largest absolute Gasteiger partial charge is 0.426 e. The number of aliphatic hydroxyl groups is 2. The van der Waals surface area contributed by atoms with Gasteiger partial charge in [0.15, 0.2) is 0 Å². The van der Waals surface area contributed by atoms with Crippen LogP contribution in [0.2, 0.25) is 0 Å². The van der Waals surface area contributed by atoms with Crippen LogP contribution in [0.5, 0.6) is 0 Å². The van der Waals surface area contributed by atoms with Gasteiger partial charge >= 0.3 is 6.18 Å². The van der Waals surface area contributed by atoms with E-state index in [0.29, 0.717) is 6.92 Å². The number of hydrogen-bond donors (Lipinski definition) is 3. The zero-order valence-corrected chi connectivity index (χ0v) is 17.8. The molecule has 32 heavy (non-hydrogen) atoms. The Morgan fingerprint density at radius 1 is 1.28 bits per heavy atom. The number of alkyl halides is 3. The van der Waals surface area contributed by atoms with Crippen molar-refractivity contribution < 1.29 is 37.8 Å². The van der Waals surface area contributed by atoms with Gasteiger partial charge in [-0.1, -0.05) is 11.6 Å². The number of carbonyl (C=O) groups excluding carboxylic acids is 3.